The molecule has 0 fully saturated rings. The summed E-state index contributed by atoms with van der Waals surface area (Å²) in [6.07, 6.45) is -0.307. The normalized spacial score (nSPS) is 12.9. The second kappa shape index (κ2) is 10.00. The predicted octanol–water partition coefficient (Wildman–Crippen LogP) is -2.12. The molecular formula is C11H19N3O6S. The number of aliphatic carboxylic acids is 1. The number of carbonyl (C=O) groups is 4. The summed E-state index contributed by atoms with van der Waals surface area (Å²) in [5.41, 5.74) is 5.51. The van der Waals surface area contributed by atoms with Crippen molar-refractivity contribution in [1.82, 2.24) is 10.6 Å². The van der Waals surface area contributed by atoms with Crippen molar-refractivity contribution in [3.63, 3.8) is 0 Å². The number of thiol groups is 1. The zero-order valence-corrected chi connectivity index (χ0v) is 12.4. The van der Waals surface area contributed by atoms with Gasteiger partial charge in [-0.1, -0.05) is 0 Å². The van der Waals surface area contributed by atoms with Crippen molar-refractivity contribution in [2.45, 2.75) is 24.9 Å². The summed E-state index contributed by atoms with van der Waals surface area (Å²) >= 11 is 3.92. The number of carbonyl (C=O) groups excluding carboxylic acids is 3. The number of amides is 2. The molecule has 21 heavy (non-hydrogen) atoms. The molecule has 0 aliphatic carbocycles. The van der Waals surface area contributed by atoms with E-state index in [9.17, 15) is 19.2 Å². The first-order valence-corrected chi connectivity index (χ1v) is 6.68. The zero-order chi connectivity index (χ0) is 16.4. The number of esters is 1. The van der Waals surface area contributed by atoms with Crippen LogP contribution in [0.2, 0.25) is 0 Å². The van der Waals surface area contributed by atoms with E-state index in [2.05, 4.69) is 28.0 Å². The van der Waals surface area contributed by atoms with Gasteiger partial charge in [0.25, 0.3) is 0 Å². The molecule has 0 bridgehead atoms. The highest BCUT2D eigenvalue weighted by atomic mass is 32.1. The lowest BCUT2D eigenvalue weighted by atomic mass is 10.1. The van der Waals surface area contributed by atoms with Crippen LogP contribution in [0.25, 0.3) is 0 Å². The number of nitrogens with two attached hydrogens (primary N) is 1. The van der Waals surface area contributed by atoms with E-state index in [1.807, 2.05) is 0 Å². The minimum atomic E-state index is -1.07. The van der Waals surface area contributed by atoms with Crippen LogP contribution < -0.4 is 16.4 Å². The van der Waals surface area contributed by atoms with Crippen molar-refractivity contribution in [1.29, 1.82) is 0 Å². The fraction of sp³-hybridized carbons (Fsp3) is 0.636. The smallest absolute Gasteiger partial charge is 0.325 e. The lowest BCUT2D eigenvalue weighted by Crippen LogP contribution is -2.53. The number of carboxylic acids is 1. The van der Waals surface area contributed by atoms with Crippen LogP contribution in [0.3, 0.4) is 0 Å². The molecule has 0 aromatic heterocycles. The topological polar surface area (TPSA) is 148 Å². The maximum absolute atomic E-state index is 11.7. The van der Waals surface area contributed by atoms with Gasteiger partial charge in [-0.05, 0) is 6.42 Å². The highest BCUT2D eigenvalue weighted by Gasteiger charge is 2.23. The van der Waals surface area contributed by atoms with Gasteiger partial charge in [-0.25, -0.2) is 0 Å². The third-order valence-electron chi connectivity index (χ3n) is 2.46. The summed E-state index contributed by atoms with van der Waals surface area (Å²) in [4.78, 5) is 44.7. The number of hydrogen-bond acceptors (Lipinski definition) is 7. The summed E-state index contributed by atoms with van der Waals surface area (Å²) in [5, 5.41) is 13.1. The van der Waals surface area contributed by atoms with Gasteiger partial charge in [0.15, 0.2) is 0 Å². The molecule has 0 aliphatic rings. The van der Waals surface area contributed by atoms with Crippen LogP contribution in [-0.4, -0.2) is 60.4 Å². The molecule has 0 aromatic carbocycles. The maximum atomic E-state index is 11.7. The Labute approximate surface area is 127 Å². The molecule has 2 amide bonds. The van der Waals surface area contributed by atoms with Crippen molar-refractivity contribution in [3.8, 4) is 0 Å². The van der Waals surface area contributed by atoms with Crippen molar-refractivity contribution in [2.24, 2.45) is 5.73 Å². The molecule has 10 heteroatoms. The highest BCUT2D eigenvalue weighted by Crippen LogP contribution is 1.97. The Morgan fingerprint density at radius 3 is 2.38 bits per heavy atom. The van der Waals surface area contributed by atoms with Crippen LogP contribution in [0.1, 0.15) is 12.8 Å². The number of ether oxygens (including phenoxy) is 1. The van der Waals surface area contributed by atoms with Gasteiger partial charge in [0.2, 0.25) is 11.8 Å². The standard InChI is InChI=1S/C11H19N3O6S/c1-20-9(17)4-13-11(19)7(5-21)14-10(18)6(12)2-3-8(15)16/h6-7,21H,2-5,12H2,1H3,(H,13,19)(H,14,18)(H,15,16)/t6-,7-/m0/s1. The molecule has 0 saturated heterocycles. The van der Waals surface area contributed by atoms with Crippen molar-refractivity contribution in [3.05, 3.63) is 0 Å². The van der Waals surface area contributed by atoms with Gasteiger partial charge < -0.3 is 26.2 Å². The third kappa shape index (κ3) is 8.15. The molecule has 0 heterocycles. The Morgan fingerprint density at radius 1 is 1.29 bits per heavy atom. The Morgan fingerprint density at radius 2 is 1.90 bits per heavy atom. The molecule has 2 atom stereocenters. The number of nitrogens with one attached hydrogen (secondary N) is 2. The molecule has 0 saturated carbocycles. The molecule has 0 radical (unpaired) electrons. The minimum Gasteiger partial charge on any atom is -0.481 e. The van der Waals surface area contributed by atoms with Crippen LogP contribution >= 0.6 is 12.6 Å². The van der Waals surface area contributed by atoms with Gasteiger partial charge in [-0.15, -0.1) is 0 Å². The monoisotopic (exact) mass is 321 g/mol. The summed E-state index contributed by atoms with van der Waals surface area (Å²) in [7, 11) is 1.17. The SMILES string of the molecule is COC(=O)CNC(=O)[C@H](CS)NC(=O)[C@@H](N)CCC(=O)O. The summed E-state index contributed by atoms with van der Waals surface area (Å²) in [6.45, 7) is -0.333. The molecule has 0 unspecified atom stereocenters. The van der Waals surface area contributed by atoms with E-state index in [1.54, 1.807) is 0 Å². The number of hydrogen-bond donors (Lipinski definition) is 5. The van der Waals surface area contributed by atoms with Crippen molar-refractivity contribution >= 4 is 36.4 Å². The Hall–Kier alpha value is -1.81. The first-order valence-electron chi connectivity index (χ1n) is 6.05. The first-order chi connectivity index (χ1) is 9.81. The summed E-state index contributed by atoms with van der Waals surface area (Å²) in [5.74, 6) is -2.99. The molecule has 9 nitrogen and oxygen atoms in total. The number of rotatable bonds is 9. The van der Waals surface area contributed by atoms with Crippen LogP contribution in [0.15, 0.2) is 0 Å². The maximum Gasteiger partial charge on any atom is 0.325 e. The first kappa shape index (κ1) is 19.2. The largest absolute Gasteiger partial charge is 0.481 e. The lowest BCUT2D eigenvalue weighted by molar-refractivity contribution is -0.141. The fourth-order valence-electron chi connectivity index (χ4n) is 1.24. The average molecular weight is 321 g/mol. The Bertz CT molecular complexity index is 403. The molecule has 0 rings (SSSR count). The van der Waals surface area contributed by atoms with Crippen molar-refractivity contribution < 1.29 is 29.0 Å². The molecule has 0 aliphatic heterocycles. The van der Waals surface area contributed by atoms with E-state index in [4.69, 9.17) is 10.8 Å². The summed E-state index contributed by atoms with van der Waals surface area (Å²) < 4.78 is 4.35. The average Bonchev–Trinajstić information content (AvgIpc) is 2.46. The fourth-order valence-corrected chi connectivity index (χ4v) is 1.49. The minimum absolute atomic E-state index is 0.00953. The van der Waals surface area contributed by atoms with E-state index < -0.39 is 35.8 Å². The van der Waals surface area contributed by atoms with Crippen LogP contribution in [0.5, 0.6) is 0 Å². The number of carboxylic acid groups (broad SMARTS) is 1. The van der Waals surface area contributed by atoms with Gasteiger partial charge >= 0.3 is 11.9 Å². The second-order valence-electron chi connectivity index (χ2n) is 4.08. The lowest BCUT2D eigenvalue weighted by Gasteiger charge is -2.18. The van der Waals surface area contributed by atoms with Gasteiger partial charge in [0, 0.05) is 12.2 Å². The van der Waals surface area contributed by atoms with E-state index in [0.717, 1.165) is 0 Å². The second-order valence-corrected chi connectivity index (χ2v) is 4.44. The molecule has 120 valence electrons. The van der Waals surface area contributed by atoms with Gasteiger partial charge in [0.1, 0.15) is 12.6 Å². The molecule has 5 N–H and O–H groups in total. The van der Waals surface area contributed by atoms with Crippen LogP contribution in [0.4, 0.5) is 0 Å². The predicted molar refractivity (Wildman–Crippen MR) is 75.7 cm³/mol. The molecular weight excluding hydrogens is 302 g/mol. The zero-order valence-electron chi connectivity index (χ0n) is 11.5. The van der Waals surface area contributed by atoms with Crippen LogP contribution in [0, 0.1) is 0 Å². The quantitative estimate of drug-likeness (QED) is 0.241. The summed E-state index contributed by atoms with van der Waals surface area (Å²) in [6, 6.07) is -2.03. The van der Waals surface area contributed by atoms with Gasteiger partial charge in [0.05, 0.1) is 13.2 Å². The Kier molecular flexibility index (Phi) is 9.13. The Balaban J connectivity index is 4.34. The molecule has 0 spiro atoms. The highest BCUT2D eigenvalue weighted by molar-refractivity contribution is 7.80. The van der Waals surface area contributed by atoms with E-state index in [-0.39, 0.29) is 25.1 Å². The van der Waals surface area contributed by atoms with E-state index in [0.29, 0.717) is 0 Å². The van der Waals surface area contributed by atoms with E-state index >= 15 is 0 Å². The molecule has 0 aromatic rings. The van der Waals surface area contributed by atoms with Crippen molar-refractivity contribution in [2.75, 3.05) is 19.4 Å². The van der Waals surface area contributed by atoms with Crippen LogP contribution in [-0.2, 0) is 23.9 Å². The third-order valence-corrected chi connectivity index (χ3v) is 2.82. The van der Waals surface area contributed by atoms with Gasteiger partial charge in [-0.2, -0.15) is 12.6 Å². The number of methoxy groups -OCH3 is 1. The van der Waals surface area contributed by atoms with E-state index in [1.165, 1.54) is 7.11 Å². The van der Waals surface area contributed by atoms with Gasteiger partial charge in [-0.3, -0.25) is 19.2 Å².